The lowest BCUT2D eigenvalue weighted by Gasteiger charge is -2.17. The van der Waals surface area contributed by atoms with Gasteiger partial charge in [-0.15, -0.1) is 22.9 Å². The monoisotopic (exact) mass is 246 g/mol. The van der Waals surface area contributed by atoms with Crippen LogP contribution in [0.4, 0.5) is 0 Å². The largest absolute Gasteiger partial charge is 0.343 e. The van der Waals surface area contributed by atoms with E-state index in [2.05, 4.69) is 4.98 Å². The number of hydrogen-bond acceptors (Lipinski definition) is 3. The van der Waals surface area contributed by atoms with Gasteiger partial charge in [-0.1, -0.05) is 0 Å². The summed E-state index contributed by atoms with van der Waals surface area (Å²) in [5, 5.41) is 2.75. The number of nitrogens with zero attached hydrogens (tertiary/aromatic N) is 2. The summed E-state index contributed by atoms with van der Waals surface area (Å²) >= 11 is 7.14. The van der Waals surface area contributed by atoms with Gasteiger partial charge in [0, 0.05) is 18.5 Å². The summed E-state index contributed by atoms with van der Waals surface area (Å²) in [5.41, 5.74) is 0.851. The Morgan fingerprint density at radius 2 is 2.20 bits per heavy atom. The summed E-state index contributed by atoms with van der Waals surface area (Å²) in [5.74, 6) is 0.547. The van der Waals surface area contributed by atoms with Crippen LogP contribution in [0.1, 0.15) is 24.5 Å². The Morgan fingerprint density at radius 3 is 2.67 bits per heavy atom. The molecule has 5 heteroatoms. The molecule has 0 atom stereocenters. The summed E-state index contributed by atoms with van der Waals surface area (Å²) in [7, 11) is 0. The van der Waals surface area contributed by atoms with Gasteiger partial charge in [0.25, 0.3) is 0 Å². The molecule has 0 spiro atoms. The number of thiazole rings is 1. The second-order valence-electron chi connectivity index (χ2n) is 3.11. The third-order valence-corrected chi connectivity index (χ3v) is 3.33. The van der Waals surface area contributed by atoms with E-state index >= 15 is 0 Å². The summed E-state index contributed by atoms with van der Waals surface area (Å²) in [4.78, 5) is 17.8. The van der Waals surface area contributed by atoms with Crippen molar-refractivity contribution in [2.75, 3.05) is 13.1 Å². The lowest BCUT2D eigenvalue weighted by Crippen LogP contribution is -2.31. The van der Waals surface area contributed by atoms with Crippen LogP contribution in [0.25, 0.3) is 0 Å². The maximum Gasteiger partial charge on any atom is 0.229 e. The summed E-state index contributed by atoms with van der Waals surface area (Å²) in [6, 6.07) is 0. The van der Waals surface area contributed by atoms with Gasteiger partial charge < -0.3 is 4.90 Å². The zero-order valence-electron chi connectivity index (χ0n) is 8.99. The quantitative estimate of drug-likeness (QED) is 0.747. The van der Waals surface area contributed by atoms with Crippen LogP contribution >= 0.6 is 22.9 Å². The lowest BCUT2D eigenvalue weighted by molar-refractivity contribution is -0.130. The molecule has 0 bridgehead atoms. The molecule has 1 heterocycles. The molecule has 1 rings (SSSR count). The normalized spacial score (nSPS) is 10.3. The molecule has 15 heavy (non-hydrogen) atoms. The fourth-order valence-corrected chi connectivity index (χ4v) is 2.32. The number of aromatic nitrogens is 1. The Kier molecular flexibility index (Phi) is 5.05. The highest BCUT2D eigenvalue weighted by Crippen LogP contribution is 2.13. The highest BCUT2D eigenvalue weighted by atomic mass is 35.5. The Hall–Kier alpha value is -0.610. The fourth-order valence-electron chi connectivity index (χ4n) is 1.31. The molecular formula is C10H15ClN2OS. The Labute approximate surface area is 99.1 Å². The smallest absolute Gasteiger partial charge is 0.229 e. The first-order valence-electron chi connectivity index (χ1n) is 4.98. The molecule has 1 amide bonds. The van der Waals surface area contributed by atoms with Gasteiger partial charge in [0.2, 0.25) is 5.91 Å². The second-order valence-corrected chi connectivity index (χ2v) is 4.32. The van der Waals surface area contributed by atoms with Crippen LogP contribution in [-0.2, 0) is 17.1 Å². The predicted molar refractivity (Wildman–Crippen MR) is 63.3 cm³/mol. The van der Waals surface area contributed by atoms with E-state index in [1.54, 1.807) is 0 Å². The molecule has 84 valence electrons. The maximum absolute atomic E-state index is 11.7. The van der Waals surface area contributed by atoms with Crippen molar-refractivity contribution < 1.29 is 4.79 Å². The number of alkyl halides is 1. The van der Waals surface area contributed by atoms with E-state index in [0.29, 0.717) is 12.3 Å². The molecule has 0 unspecified atom stereocenters. The van der Waals surface area contributed by atoms with Gasteiger partial charge in [0.05, 0.1) is 18.0 Å². The zero-order chi connectivity index (χ0) is 11.3. The number of carbonyl (C=O) groups excluding carboxylic acids is 1. The van der Waals surface area contributed by atoms with Crippen molar-refractivity contribution in [2.24, 2.45) is 0 Å². The molecule has 0 saturated heterocycles. The van der Waals surface area contributed by atoms with Crippen molar-refractivity contribution in [3.8, 4) is 0 Å². The summed E-state index contributed by atoms with van der Waals surface area (Å²) < 4.78 is 0. The molecule has 0 aliphatic rings. The van der Waals surface area contributed by atoms with Gasteiger partial charge in [-0.05, 0) is 13.8 Å². The number of hydrogen-bond donors (Lipinski definition) is 0. The van der Waals surface area contributed by atoms with E-state index in [4.69, 9.17) is 11.6 Å². The molecule has 0 aliphatic heterocycles. The molecular weight excluding hydrogens is 232 g/mol. The third-order valence-electron chi connectivity index (χ3n) is 2.15. The highest BCUT2D eigenvalue weighted by Gasteiger charge is 2.12. The van der Waals surface area contributed by atoms with Gasteiger partial charge in [-0.25, -0.2) is 4.98 Å². The van der Waals surface area contributed by atoms with Crippen LogP contribution in [0.2, 0.25) is 0 Å². The van der Waals surface area contributed by atoms with Crippen molar-refractivity contribution in [1.82, 2.24) is 9.88 Å². The summed E-state index contributed by atoms with van der Waals surface area (Å²) in [6.07, 6.45) is 0.392. The first-order chi connectivity index (χ1) is 7.21. The van der Waals surface area contributed by atoms with E-state index in [9.17, 15) is 4.79 Å². The van der Waals surface area contributed by atoms with Crippen molar-refractivity contribution in [3.63, 3.8) is 0 Å². The third kappa shape index (κ3) is 3.47. The minimum absolute atomic E-state index is 0.135. The standard InChI is InChI=1S/C10H15ClN2OS/c1-3-13(4-2)10(14)5-9-12-8(6-11)7-15-9/h7H,3-6H2,1-2H3. The van der Waals surface area contributed by atoms with Gasteiger partial charge in [0.15, 0.2) is 0 Å². The molecule has 3 nitrogen and oxygen atoms in total. The van der Waals surface area contributed by atoms with Gasteiger partial charge >= 0.3 is 0 Å². The van der Waals surface area contributed by atoms with Crippen LogP contribution in [0.15, 0.2) is 5.38 Å². The number of amides is 1. The zero-order valence-corrected chi connectivity index (χ0v) is 10.6. The van der Waals surface area contributed by atoms with Gasteiger partial charge in [0.1, 0.15) is 5.01 Å². The topological polar surface area (TPSA) is 33.2 Å². The number of halogens is 1. The number of carbonyl (C=O) groups is 1. The molecule has 1 aromatic rings. The van der Waals surface area contributed by atoms with Crippen LogP contribution in [0, 0.1) is 0 Å². The average molecular weight is 247 g/mol. The van der Waals surface area contributed by atoms with Crippen LogP contribution < -0.4 is 0 Å². The molecule has 0 saturated carbocycles. The lowest BCUT2D eigenvalue weighted by atomic mass is 10.3. The van der Waals surface area contributed by atoms with Crippen LogP contribution in [-0.4, -0.2) is 28.9 Å². The fraction of sp³-hybridized carbons (Fsp3) is 0.600. The van der Waals surface area contributed by atoms with Crippen molar-refractivity contribution in [1.29, 1.82) is 0 Å². The molecule has 0 fully saturated rings. The van der Waals surface area contributed by atoms with Crippen molar-refractivity contribution in [3.05, 3.63) is 16.1 Å². The first kappa shape index (κ1) is 12.5. The van der Waals surface area contributed by atoms with Crippen molar-refractivity contribution >= 4 is 28.8 Å². The van der Waals surface area contributed by atoms with E-state index in [0.717, 1.165) is 23.8 Å². The van der Waals surface area contributed by atoms with Gasteiger partial charge in [-0.3, -0.25) is 4.79 Å². The molecule has 0 aliphatic carbocycles. The van der Waals surface area contributed by atoms with E-state index in [-0.39, 0.29) is 5.91 Å². The SMILES string of the molecule is CCN(CC)C(=O)Cc1nc(CCl)cs1. The Morgan fingerprint density at radius 1 is 1.53 bits per heavy atom. The van der Waals surface area contributed by atoms with Crippen LogP contribution in [0.5, 0.6) is 0 Å². The second kappa shape index (κ2) is 6.08. The molecule has 0 aromatic carbocycles. The number of likely N-dealkylation sites (N-methyl/N-ethyl adjacent to an activating group) is 1. The van der Waals surface area contributed by atoms with E-state index in [1.807, 2.05) is 24.1 Å². The first-order valence-corrected chi connectivity index (χ1v) is 6.39. The highest BCUT2D eigenvalue weighted by molar-refractivity contribution is 7.09. The minimum atomic E-state index is 0.135. The molecule has 1 aromatic heterocycles. The Balaban J connectivity index is 2.57. The Bertz CT molecular complexity index is 323. The molecule has 0 radical (unpaired) electrons. The predicted octanol–water partition coefficient (Wildman–Crippen LogP) is 2.29. The van der Waals surface area contributed by atoms with Gasteiger partial charge in [-0.2, -0.15) is 0 Å². The van der Waals surface area contributed by atoms with E-state index < -0.39 is 0 Å². The average Bonchev–Trinajstić information content (AvgIpc) is 2.67. The van der Waals surface area contributed by atoms with Crippen LogP contribution in [0.3, 0.4) is 0 Å². The minimum Gasteiger partial charge on any atom is -0.343 e. The maximum atomic E-state index is 11.7. The van der Waals surface area contributed by atoms with Crippen molar-refractivity contribution in [2.45, 2.75) is 26.1 Å². The van der Waals surface area contributed by atoms with E-state index in [1.165, 1.54) is 11.3 Å². The molecule has 0 N–H and O–H groups in total. The number of rotatable bonds is 5. The summed E-state index contributed by atoms with van der Waals surface area (Å²) in [6.45, 7) is 5.47.